The van der Waals surface area contributed by atoms with Crippen LogP contribution in [-0.2, 0) is 35.0 Å². The number of carbonyl (C=O) groups is 1. The standard InChI is InChI=1S/C22H22F6N2O2/c23-21(24,25)17-9-15(10-18(12-17)22(26,27)28)13-32-30-20(31)11-14-4-6-16(7-5-14)19-3-1-2-8-29-19/h4-7,9-10,12,19,29H,1-3,8,11,13H2,(H,30,31). The molecule has 2 aromatic carbocycles. The average molecular weight is 460 g/mol. The summed E-state index contributed by atoms with van der Waals surface area (Å²) >= 11 is 0. The predicted octanol–water partition coefficient (Wildman–Crippen LogP) is 5.33. The third-order valence-electron chi connectivity index (χ3n) is 5.13. The molecule has 1 fully saturated rings. The van der Waals surface area contributed by atoms with Gasteiger partial charge in [-0.25, -0.2) is 5.48 Å². The number of rotatable bonds is 6. The summed E-state index contributed by atoms with van der Waals surface area (Å²) in [6, 6.07) is 8.87. The Balaban J connectivity index is 1.55. The number of alkyl halides is 6. The SMILES string of the molecule is O=C(Cc1ccc(C2CCCCN2)cc1)NOCc1cc(C(F)(F)F)cc(C(F)(F)F)c1. The lowest BCUT2D eigenvalue weighted by atomic mass is 9.96. The van der Waals surface area contributed by atoms with Crippen molar-refractivity contribution in [2.45, 2.75) is 50.7 Å². The van der Waals surface area contributed by atoms with Gasteiger partial charge in [0, 0.05) is 6.04 Å². The number of carbonyl (C=O) groups excluding carboxylic acids is 1. The largest absolute Gasteiger partial charge is 0.416 e. The van der Waals surface area contributed by atoms with Crippen molar-refractivity contribution in [1.82, 2.24) is 10.8 Å². The van der Waals surface area contributed by atoms with E-state index in [1.807, 2.05) is 12.1 Å². The molecule has 1 aliphatic rings. The van der Waals surface area contributed by atoms with Gasteiger partial charge in [0.1, 0.15) is 0 Å². The molecule has 1 atom stereocenters. The minimum atomic E-state index is -4.95. The van der Waals surface area contributed by atoms with Crippen molar-refractivity contribution in [2.24, 2.45) is 0 Å². The summed E-state index contributed by atoms with van der Waals surface area (Å²) in [5.41, 5.74) is 0.635. The lowest BCUT2D eigenvalue weighted by molar-refractivity contribution is -0.143. The Hall–Kier alpha value is -2.59. The first-order valence-corrected chi connectivity index (χ1v) is 10.0. The molecule has 1 saturated heterocycles. The van der Waals surface area contributed by atoms with E-state index in [0.29, 0.717) is 17.7 Å². The zero-order valence-electron chi connectivity index (χ0n) is 16.9. The van der Waals surface area contributed by atoms with Crippen LogP contribution in [0.5, 0.6) is 0 Å². The van der Waals surface area contributed by atoms with Gasteiger partial charge in [0.25, 0.3) is 0 Å². The summed E-state index contributed by atoms with van der Waals surface area (Å²) in [7, 11) is 0. The van der Waals surface area contributed by atoms with Crippen molar-refractivity contribution in [3.8, 4) is 0 Å². The van der Waals surface area contributed by atoms with Crippen molar-refractivity contribution in [2.75, 3.05) is 6.54 Å². The van der Waals surface area contributed by atoms with Crippen LogP contribution in [0.4, 0.5) is 26.3 Å². The second-order valence-electron chi connectivity index (χ2n) is 7.65. The van der Waals surface area contributed by atoms with E-state index < -0.39 is 36.0 Å². The van der Waals surface area contributed by atoms with Gasteiger partial charge < -0.3 is 5.32 Å². The van der Waals surface area contributed by atoms with Crippen molar-refractivity contribution < 1.29 is 36.0 Å². The van der Waals surface area contributed by atoms with E-state index in [1.54, 1.807) is 12.1 Å². The van der Waals surface area contributed by atoms with Crippen LogP contribution in [0.3, 0.4) is 0 Å². The molecule has 174 valence electrons. The molecule has 0 bridgehead atoms. The molecule has 0 spiro atoms. The van der Waals surface area contributed by atoms with Crippen LogP contribution >= 0.6 is 0 Å². The Kier molecular flexibility index (Phi) is 7.45. The molecule has 2 aromatic rings. The summed E-state index contributed by atoms with van der Waals surface area (Å²) in [6.45, 7) is 0.313. The molecule has 3 rings (SSSR count). The summed E-state index contributed by atoms with van der Waals surface area (Å²) in [4.78, 5) is 16.9. The van der Waals surface area contributed by atoms with Crippen molar-refractivity contribution in [3.05, 3.63) is 70.3 Å². The first-order chi connectivity index (χ1) is 15.0. The molecule has 1 heterocycles. The summed E-state index contributed by atoms with van der Waals surface area (Å²) < 4.78 is 77.4. The smallest absolute Gasteiger partial charge is 0.310 e. The van der Waals surface area contributed by atoms with Crippen LogP contribution in [0.1, 0.15) is 53.1 Å². The molecule has 10 heteroatoms. The van der Waals surface area contributed by atoms with Gasteiger partial charge in [-0.05, 0) is 54.3 Å². The Morgan fingerprint density at radius 1 is 0.938 bits per heavy atom. The Morgan fingerprint density at radius 2 is 1.56 bits per heavy atom. The summed E-state index contributed by atoms with van der Waals surface area (Å²) in [5.74, 6) is -0.573. The van der Waals surface area contributed by atoms with Crippen LogP contribution < -0.4 is 10.8 Å². The minimum absolute atomic E-state index is 0.0363. The normalized spacial score (nSPS) is 17.2. The van der Waals surface area contributed by atoms with Gasteiger partial charge in [-0.1, -0.05) is 30.7 Å². The van der Waals surface area contributed by atoms with Gasteiger partial charge >= 0.3 is 12.4 Å². The number of hydroxylamine groups is 1. The summed E-state index contributed by atoms with van der Waals surface area (Å²) in [5, 5.41) is 3.43. The second-order valence-corrected chi connectivity index (χ2v) is 7.65. The van der Waals surface area contributed by atoms with E-state index >= 15 is 0 Å². The lowest BCUT2D eigenvalue weighted by Gasteiger charge is -2.23. The fourth-order valence-electron chi connectivity index (χ4n) is 3.53. The van der Waals surface area contributed by atoms with Gasteiger partial charge in [-0.15, -0.1) is 0 Å². The van der Waals surface area contributed by atoms with Gasteiger partial charge in [0.15, 0.2) is 0 Å². The molecule has 32 heavy (non-hydrogen) atoms. The van der Waals surface area contributed by atoms with Gasteiger partial charge in [0.2, 0.25) is 5.91 Å². The maximum absolute atomic E-state index is 12.9. The Labute approximate surface area is 180 Å². The summed E-state index contributed by atoms with van der Waals surface area (Å²) in [6.07, 6.45) is -6.60. The minimum Gasteiger partial charge on any atom is -0.310 e. The zero-order chi connectivity index (χ0) is 23.4. The van der Waals surface area contributed by atoms with E-state index in [2.05, 4.69) is 10.8 Å². The third-order valence-corrected chi connectivity index (χ3v) is 5.13. The predicted molar refractivity (Wildman–Crippen MR) is 104 cm³/mol. The molecule has 0 saturated carbocycles. The maximum Gasteiger partial charge on any atom is 0.416 e. The highest BCUT2D eigenvalue weighted by molar-refractivity contribution is 5.77. The number of benzene rings is 2. The number of hydrogen-bond donors (Lipinski definition) is 2. The highest BCUT2D eigenvalue weighted by atomic mass is 19.4. The van der Waals surface area contributed by atoms with E-state index in [0.717, 1.165) is 31.4 Å². The molecule has 4 nitrogen and oxygen atoms in total. The van der Waals surface area contributed by atoms with Gasteiger partial charge in [-0.2, -0.15) is 26.3 Å². The molecule has 0 radical (unpaired) electrons. The van der Waals surface area contributed by atoms with Crippen LogP contribution in [0.2, 0.25) is 0 Å². The Bertz CT molecular complexity index is 887. The second kappa shape index (κ2) is 9.91. The van der Waals surface area contributed by atoms with E-state index in [1.165, 1.54) is 0 Å². The van der Waals surface area contributed by atoms with Gasteiger partial charge in [-0.3, -0.25) is 9.63 Å². The molecule has 1 unspecified atom stereocenters. The molecule has 1 amide bonds. The first kappa shape index (κ1) is 24.1. The molecular formula is C22H22F6N2O2. The highest BCUT2D eigenvalue weighted by Gasteiger charge is 2.36. The topological polar surface area (TPSA) is 50.4 Å². The monoisotopic (exact) mass is 460 g/mol. The first-order valence-electron chi connectivity index (χ1n) is 10.0. The molecule has 1 aliphatic heterocycles. The third kappa shape index (κ3) is 6.70. The number of halogens is 6. The van der Waals surface area contributed by atoms with Crippen molar-refractivity contribution >= 4 is 5.91 Å². The molecule has 2 N–H and O–H groups in total. The molecular weight excluding hydrogens is 438 g/mol. The average Bonchev–Trinajstić information content (AvgIpc) is 2.73. The van der Waals surface area contributed by atoms with Crippen LogP contribution in [0.25, 0.3) is 0 Å². The van der Waals surface area contributed by atoms with Crippen LogP contribution in [0.15, 0.2) is 42.5 Å². The number of amides is 1. The van der Waals surface area contributed by atoms with Crippen molar-refractivity contribution in [3.63, 3.8) is 0 Å². The number of hydrogen-bond acceptors (Lipinski definition) is 3. The van der Waals surface area contributed by atoms with Crippen molar-refractivity contribution in [1.29, 1.82) is 0 Å². The Morgan fingerprint density at radius 3 is 2.09 bits per heavy atom. The zero-order valence-corrected chi connectivity index (χ0v) is 16.9. The fourth-order valence-corrected chi connectivity index (χ4v) is 3.53. The maximum atomic E-state index is 12.9. The fraction of sp³-hybridized carbons (Fsp3) is 0.409. The van der Waals surface area contributed by atoms with Crippen LogP contribution in [0, 0.1) is 0 Å². The van der Waals surface area contributed by atoms with E-state index in [9.17, 15) is 31.1 Å². The van der Waals surface area contributed by atoms with Crippen LogP contribution in [-0.4, -0.2) is 12.5 Å². The molecule has 0 aliphatic carbocycles. The van der Waals surface area contributed by atoms with E-state index in [4.69, 9.17) is 4.84 Å². The number of piperidine rings is 1. The lowest BCUT2D eigenvalue weighted by Crippen LogP contribution is -2.27. The quantitative estimate of drug-likeness (QED) is 0.453. The van der Waals surface area contributed by atoms with Gasteiger partial charge in [0.05, 0.1) is 24.2 Å². The van der Waals surface area contributed by atoms with E-state index in [-0.39, 0.29) is 24.1 Å². The number of nitrogens with one attached hydrogen (secondary N) is 2. The molecule has 0 aromatic heterocycles. The highest BCUT2D eigenvalue weighted by Crippen LogP contribution is 2.36.